The molecule has 1 aromatic heterocycles. The molecule has 0 fully saturated rings. The van der Waals surface area contributed by atoms with Gasteiger partial charge in [0.15, 0.2) is 23.0 Å². The molecule has 0 bridgehead atoms. The molecule has 2 aromatic carbocycles. The van der Waals surface area contributed by atoms with Crippen LogP contribution in [0.2, 0.25) is 0 Å². The molecular weight excluding hydrogens is 504 g/mol. The number of aromatic nitrogens is 1. The summed E-state index contributed by atoms with van der Waals surface area (Å²) in [6.07, 6.45) is 2.72. The first kappa shape index (κ1) is 25.8. The molecule has 0 unspecified atom stereocenters. The van der Waals surface area contributed by atoms with Crippen molar-refractivity contribution in [3.05, 3.63) is 66.0 Å². The molecule has 3 aromatic rings. The quantitative estimate of drug-likeness (QED) is 0.422. The van der Waals surface area contributed by atoms with E-state index in [1.807, 2.05) is 13.8 Å². The van der Waals surface area contributed by atoms with Crippen molar-refractivity contribution in [2.45, 2.75) is 19.9 Å². The van der Waals surface area contributed by atoms with E-state index in [2.05, 4.69) is 20.9 Å². The molecule has 0 spiro atoms. The number of hydrogen-bond acceptors (Lipinski definition) is 8. The lowest BCUT2D eigenvalue weighted by molar-refractivity contribution is -0.118. The first-order valence-corrected chi connectivity index (χ1v) is 12.6. The molecular formula is C28H28N4O7. The van der Waals surface area contributed by atoms with Gasteiger partial charge in [0, 0.05) is 35.9 Å². The first-order valence-electron chi connectivity index (χ1n) is 12.6. The summed E-state index contributed by atoms with van der Waals surface area (Å²) in [5.74, 6) is 0.472. The van der Waals surface area contributed by atoms with E-state index < -0.39 is 23.8 Å². The number of pyridine rings is 1. The van der Waals surface area contributed by atoms with Gasteiger partial charge in [-0.3, -0.25) is 19.4 Å². The van der Waals surface area contributed by atoms with Gasteiger partial charge in [0.2, 0.25) is 5.91 Å². The zero-order valence-electron chi connectivity index (χ0n) is 21.5. The van der Waals surface area contributed by atoms with Crippen LogP contribution in [0.3, 0.4) is 0 Å². The van der Waals surface area contributed by atoms with Crippen LogP contribution in [0.5, 0.6) is 23.0 Å². The minimum atomic E-state index is -0.889. The number of nitrogens with one attached hydrogen (secondary N) is 3. The van der Waals surface area contributed by atoms with Gasteiger partial charge in [-0.1, -0.05) is 13.8 Å². The molecule has 5 rings (SSSR count). The van der Waals surface area contributed by atoms with Crippen LogP contribution in [-0.2, 0) is 4.79 Å². The molecule has 3 N–H and O–H groups in total. The van der Waals surface area contributed by atoms with Crippen molar-refractivity contribution in [1.82, 2.24) is 10.3 Å². The molecule has 3 amide bonds. The van der Waals surface area contributed by atoms with Crippen molar-refractivity contribution < 1.29 is 33.3 Å². The molecule has 0 saturated heterocycles. The third kappa shape index (κ3) is 5.87. The number of carbonyl (C=O) groups excluding carboxylic acids is 3. The van der Waals surface area contributed by atoms with Gasteiger partial charge in [0.25, 0.3) is 11.8 Å². The fraction of sp³-hybridized carbons (Fsp3) is 0.286. The van der Waals surface area contributed by atoms with Crippen LogP contribution in [0.1, 0.15) is 34.6 Å². The van der Waals surface area contributed by atoms with E-state index in [-0.39, 0.29) is 17.0 Å². The van der Waals surface area contributed by atoms with Gasteiger partial charge in [0.05, 0.1) is 11.1 Å². The van der Waals surface area contributed by atoms with Crippen LogP contribution in [0, 0.1) is 5.92 Å². The zero-order chi connectivity index (χ0) is 27.4. The van der Waals surface area contributed by atoms with E-state index in [9.17, 15) is 14.4 Å². The van der Waals surface area contributed by atoms with Crippen LogP contribution in [0.15, 0.2) is 54.9 Å². The first-order chi connectivity index (χ1) is 18.9. The summed E-state index contributed by atoms with van der Waals surface area (Å²) in [7, 11) is 0. The minimum absolute atomic E-state index is 0.0327. The van der Waals surface area contributed by atoms with Gasteiger partial charge in [-0.15, -0.1) is 0 Å². The lowest BCUT2D eigenvalue weighted by atomic mass is 10.0. The Hall–Kier alpha value is -4.80. The summed E-state index contributed by atoms with van der Waals surface area (Å²) >= 11 is 0. The minimum Gasteiger partial charge on any atom is -0.486 e. The highest BCUT2D eigenvalue weighted by Gasteiger charge is 2.27. The van der Waals surface area contributed by atoms with Gasteiger partial charge in [0.1, 0.15) is 32.5 Å². The van der Waals surface area contributed by atoms with E-state index in [0.29, 0.717) is 60.8 Å². The standard InChI is InChI=1S/C28H28N4O7/c1-16(2)25(28(35)31-18-4-6-22-24(14-18)39-12-10-37-22)32-27(34)20-15-29-8-7-19(20)26(33)30-17-3-5-21-23(13-17)38-11-9-36-21/h3-8,13-16,25H,9-12H2,1-2H3,(H,30,33)(H,31,35)(H,32,34)/t25-/m1/s1. The van der Waals surface area contributed by atoms with E-state index in [1.165, 1.54) is 18.5 Å². The number of fused-ring (bicyclic) bond motifs is 2. The molecule has 202 valence electrons. The molecule has 39 heavy (non-hydrogen) atoms. The van der Waals surface area contributed by atoms with Crippen LogP contribution in [0.4, 0.5) is 11.4 Å². The average molecular weight is 533 g/mol. The molecule has 0 aliphatic carbocycles. The molecule has 0 radical (unpaired) electrons. The average Bonchev–Trinajstić information content (AvgIpc) is 2.95. The maximum absolute atomic E-state index is 13.3. The second kappa shape index (κ2) is 11.3. The van der Waals surface area contributed by atoms with Crippen LogP contribution in [-0.4, -0.2) is 55.2 Å². The number of ether oxygens (including phenoxy) is 4. The van der Waals surface area contributed by atoms with Crippen molar-refractivity contribution in [2.75, 3.05) is 37.1 Å². The fourth-order valence-corrected chi connectivity index (χ4v) is 4.19. The second-order valence-electron chi connectivity index (χ2n) is 9.28. The molecule has 11 nitrogen and oxygen atoms in total. The van der Waals surface area contributed by atoms with Gasteiger partial charge < -0.3 is 34.9 Å². The monoisotopic (exact) mass is 532 g/mol. The van der Waals surface area contributed by atoms with Crippen molar-refractivity contribution in [1.29, 1.82) is 0 Å². The summed E-state index contributed by atoms with van der Waals surface area (Å²) in [5.41, 5.74) is 1.12. The Labute approximate surface area is 224 Å². The highest BCUT2D eigenvalue weighted by atomic mass is 16.6. The maximum atomic E-state index is 13.3. The molecule has 1 atom stereocenters. The van der Waals surface area contributed by atoms with Crippen molar-refractivity contribution >= 4 is 29.1 Å². The lowest BCUT2D eigenvalue weighted by Crippen LogP contribution is -2.47. The summed E-state index contributed by atoms with van der Waals surface area (Å²) in [6, 6.07) is 10.7. The molecule has 11 heteroatoms. The third-order valence-electron chi connectivity index (χ3n) is 6.16. The van der Waals surface area contributed by atoms with Gasteiger partial charge in [-0.05, 0) is 36.2 Å². The predicted octanol–water partition coefficient (Wildman–Crippen LogP) is 3.27. The Morgan fingerprint density at radius 1 is 0.718 bits per heavy atom. The molecule has 2 aliphatic heterocycles. The number of hydrogen-bond donors (Lipinski definition) is 3. The zero-order valence-corrected chi connectivity index (χ0v) is 21.5. The second-order valence-corrected chi connectivity index (χ2v) is 9.28. The van der Waals surface area contributed by atoms with E-state index in [4.69, 9.17) is 18.9 Å². The highest BCUT2D eigenvalue weighted by molar-refractivity contribution is 6.12. The number of anilines is 2. The largest absolute Gasteiger partial charge is 0.486 e. The van der Waals surface area contributed by atoms with Crippen LogP contribution < -0.4 is 34.9 Å². The highest BCUT2D eigenvalue weighted by Crippen LogP contribution is 2.33. The fourth-order valence-electron chi connectivity index (χ4n) is 4.19. The van der Waals surface area contributed by atoms with E-state index >= 15 is 0 Å². The summed E-state index contributed by atoms with van der Waals surface area (Å²) in [4.78, 5) is 43.6. The molecule has 3 heterocycles. The van der Waals surface area contributed by atoms with Gasteiger partial charge in [-0.2, -0.15) is 0 Å². The normalized spacial score (nSPS) is 14.2. The van der Waals surface area contributed by atoms with Gasteiger partial charge >= 0.3 is 0 Å². The Morgan fingerprint density at radius 2 is 1.28 bits per heavy atom. The van der Waals surface area contributed by atoms with Crippen molar-refractivity contribution in [3.8, 4) is 23.0 Å². The van der Waals surface area contributed by atoms with Crippen LogP contribution >= 0.6 is 0 Å². The van der Waals surface area contributed by atoms with Crippen LogP contribution in [0.25, 0.3) is 0 Å². The van der Waals surface area contributed by atoms with Crippen molar-refractivity contribution in [2.24, 2.45) is 5.92 Å². The van der Waals surface area contributed by atoms with E-state index in [0.717, 1.165) is 0 Å². The smallest absolute Gasteiger partial charge is 0.256 e. The lowest BCUT2D eigenvalue weighted by Gasteiger charge is -2.23. The Bertz CT molecular complexity index is 1410. The van der Waals surface area contributed by atoms with E-state index in [1.54, 1.807) is 36.4 Å². The molecule has 2 aliphatic rings. The summed E-state index contributed by atoms with van der Waals surface area (Å²) in [6.45, 7) is 5.38. The van der Waals surface area contributed by atoms with Crippen molar-refractivity contribution in [3.63, 3.8) is 0 Å². The number of amides is 3. The number of rotatable bonds is 7. The topological polar surface area (TPSA) is 137 Å². The maximum Gasteiger partial charge on any atom is 0.256 e. The molecule has 0 saturated carbocycles. The number of nitrogens with zero attached hydrogens (tertiary/aromatic N) is 1. The Balaban J connectivity index is 1.29. The SMILES string of the molecule is CC(C)[C@@H](NC(=O)c1cnccc1C(=O)Nc1ccc2c(c1)OCCO2)C(=O)Nc1ccc2c(c1)OCCO2. The summed E-state index contributed by atoms with van der Waals surface area (Å²) in [5, 5.41) is 8.35. The van der Waals surface area contributed by atoms with Gasteiger partial charge in [-0.25, -0.2) is 0 Å². The predicted molar refractivity (Wildman–Crippen MR) is 142 cm³/mol. The number of carbonyl (C=O) groups is 3. The number of benzene rings is 2. The third-order valence-corrected chi connectivity index (χ3v) is 6.16. The Morgan fingerprint density at radius 3 is 1.87 bits per heavy atom. The Kier molecular flexibility index (Phi) is 7.48. The summed E-state index contributed by atoms with van der Waals surface area (Å²) < 4.78 is 22.2.